The van der Waals surface area contributed by atoms with Gasteiger partial charge in [-0.15, -0.1) is 9.89 Å². The Morgan fingerprint density at radius 3 is 2.92 bits per heavy atom. The lowest BCUT2D eigenvalue weighted by atomic mass is 9.86. The number of para-hydroxylation sites is 1. The number of rotatable bonds is 7. The molecule has 36 heavy (non-hydrogen) atoms. The fraction of sp³-hybridized carbons (Fsp3) is 0.292. The molecule has 0 fully saturated rings. The maximum atomic E-state index is 13.6. The third-order valence-electron chi connectivity index (χ3n) is 6.64. The molecule has 0 amide bonds. The van der Waals surface area contributed by atoms with E-state index in [1.54, 1.807) is 17.7 Å². The van der Waals surface area contributed by atoms with Gasteiger partial charge in [0.05, 0.1) is 48.9 Å². The van der Waals surface area contributed by atoms with Gasteiger partial charge in [0.1, 0.15) is 12.3 Å². The number of carbonyl (C=O) groups is 1. The van der Waals surface area contributed by atoms with Gasteiger partial charge in [0.2, 0.25) is 5.60 Å². The van der Waals surface area contributed by atoms with Crippen LogP contribution >= 0.6 is 0 Å². The summed E-state index contributed by atoms with van der Waals surface area (Å²) in [7, 11) is 1.50. The number of fused-ring (bicyclic) bond motifs is 5. The highest BCUT2D eigenvalue weighted by molar-refractivity contribution is 5.86. The number of carbonyl (C=O) groups excluding carboxylic acids is 1. The third-order valence-corrected chi connectivity index (χ3v) is 6.64. The minimum absolute atomic E-state index is 0.125. The molecule has 6 rings (SSSR count). The monoisotopic (exact) mass is 489 g/mol. The van der Waals surface area contributed by atoms with Crippen molar-refractivity contribution in [2.45, 2.75) is 38.6 Å². The molecule has 2 aliphatic rings. The zero-order chi connectivity index (χ0) is 24.9. The van der Waals surface area contributed by atoms with Gasteiger partial charge in [-0.1, -0.05) is 25.1 Å². The van der Waals surface area contributed by atoms with Crippen molar-refractivity contribution in [2.24, 2.45) is 0 Å². The molecule has 0 spiro atoms. The van der Waals surface area contributed by atoms with Crippen LogP contribution in [0, 0.1) is 0 Å². The average Bonchev–Trinajstić information content (AvgIpc) is 3.50. The Balaban J connectivity index is 1.42. The fourth-order valence-electron chi connectivity index (χ4n) is 4.78. The number of ether oxygens (including phenoxy) is 1. The number of aromatic nitrogens is 5. The molecular weight excluding hydrogens is 466 g/mol. The Labute approximate surface area is 204 Å². The van der Waals surface area contributed by atoms with E-state index in [0.717, 1.165) is 22.2 Å². The Morgan fingerprint density at radius 2 is 2.08 bits per heavy atom. The van der Waals surface area contributed by atoms with Crippen molar-refractivity contribution in [3.63, 3.8) is 0 Å². The molecule has 0 saturated heterocycles. The van der Waals surface area contributed by atoms with E-state index < -0.39 is 11.6 Å². The number of hydrogen-bond acceptors (Lipinski definition) is 10. The first-order valence-electron chi connectivity index (χ1n) is 11.5. The number of cyclic esters (lactones) is 1. The number of hydrogen-bond donors (Lipinski definition) is 2. The summed E-state index contributed by atoms with van der Waals surface area (Å²) in [6.45, 7) is 2.39. The maximum Gasteiger partial charge on any atom is 0.346 e. The van der Waals surface area contributed by atoms with Gasteiger partial charge in [0.15, 0.2) is 0 Å². The molecule has 12 heteroatoms. The predicted octanol–water partition coefficient (Wildman–Crippen LogP) is 1.51. The predicted molar refractivity (Wildman–Crippen MR) is 127 cm³/mol. The topological polar surface area (TPSA) is 134 Å². The van der Waals surface area contributed by atoms with Crippen LogP contribution in [0.2, 0.25) is 0 Å². The lowest BCUT2D eigenvalue weighted by molar-refractivity contribution is -0.179. The summed E-state index contributed by atoms with van der Waals surface area (Å²) in [5, 5.41) is 8.94. The van der Waals surface area contributed by atoms with Crippen LogP contribution in [0.25, 0.3) is 22.3 Å². The zero-order valence-corrected chi connectivity index (χ0v) is 19.6. The molecule has 2 N–H and O–H groups in total. The second kappa shape index (κ2) is 8.52. The third kappa shape index (κ3) is 3.38. The van der Waals surface area contributed by atoms with Crippen LogP contribution < -0.4 is 16.6 Å². The molecule has 0 bridgehead atoms. The first-order valence-corrected chi connectivity index (χ1v) is 11.5. The number of benzene rings is 1. The highest BCUT2D eigenvalue weighted by Crippen LogP contribution is 2.40. The molecular formula is C24H23N7O5. The van der Waals surface area contributed by atoms with Crippen molar-refractivity contribution < 1.29 is 19.2 Å². The number of hydroxylamine groups is 1. The number of pyridine rings is 2. The highest BCUT2D eigenvalue weighted by Gasteiger charge is 2.49. The molecule has 12 nitrogen and oxygen atoms in total. The first kappa shape index (κ1) is 22.3. The lowest BCUT2D eigenvalue weighted by Crippen LogP contribution is -2.48. The Hall–Kier alpha value is -4.13. The molecule has 1 unspecified atom stereocenters. The van der Waals surface area contributed by atoms with Gasteiger partial charge >= 0.3 is 5.97 Å². The summed E-state index contributed by atoms with van der Waals surface area (Å²) in [6.07, 6.45) is 1.78. The summed E-state index contributed by atoms with van der Waals surface area (Å²) in [5.41, 5.74) is 8.07. The van der Waals surface area contributed by atoms with E-state index in [-0.39, 0.29) is 18.6 Å². The molecule has 0 aliphatic carbocycles. The standard InChI is InChI=1S/C24H23N7O5/c1-3-24(36-29-31-12-16(27-28-31)10-25-34-2)18-9-20-21-15(8-14-6-4-5-7-19(14)26-21)11-30(20)22(32)17(18)13-35-23(24)33/h4-9,12,25,29H,3,10-11,13H2,1-2H3. The van der Waals surface area contributed by atoms with Crippen molar-refractivity contribution in [1.29, 1.82) is 0 Å². The van der Waals surface area contributed by atoms with E-state index in [1.807, 2.05) is 30.3 Å². The van der Waals surface area contributed by atoms with E-state index in [1.165, 1.54) is 11.9 Å². The Bertz CT molecular complexity index is 1560. The van der Waals surface area contributed by atoms with E-state index in [4.69, 9.17) is 19.4 Å². The van der Waals surface area contributed by atoms with Gasteiger partial charge < -0.3 is 14.1 Å². The Morgan fingerprint density at radius 1 is 1.22 bits per heavy atom. The smallest absolute Gasteiger partial charge is 0.346 e. The van der Waals surface area contributed by atoms with Crippen LogP contribution in [-0.4, -0.2) is 37.7 Å². The van der Waals surface area contributed by atoms with E-state index in [9.17, 15) is 9.59 Å². The molecule has 5 heterocycles. The molecule has 1 atom stereocenters. The molecule has 184 valence electrons. The molecule has 3 aromatic heterocycles. The summed E-state index contributed by atoms with van der Waals surface area (Å²) < 4.78 is 7.11. The van der Waals surface area contributed by atoms with Crippen LogP contribution in [-0.2, 0) is 44.5 Å². The van der Waals surface area contributed by atoms with Crippen LogP contribution in [0.15, 0.2) is 47.4 Å². The van der Waals surface area contributed by atoms with E-state index in [0.29, 0.717) is 35.6 Å². The van der Waals surface area contributed by atoms with Crippen molar-refractivity contribution in [3.8, 4) is 11.4 Å². The number of esters is 1. The van der Waals surface area contributed by atoms with Crippen molar-refractivity contribution in [2.75, 3.05) is 12.7 Å². The Kier molecular flexibility index (Phi) is 5.29. The molecule has 0 radical (unpaired) electrons. The SMILES string of the molecule is CCC1(ONn2cc(CNOC)nn2)C(=O)OCc2c1cc1n(c2=O)Cc2cc3ccccc3nc2-1. The summed E-state index contributed by atoms with van der Waals surface area (Å²) in [6, 6.07) is 11.7. The second-order valence-corrected chi connectivity index (χ2v) is 8.63. The molecule has 2 aliphatic heterocycles. The highest BCUT2D eigenvalue weighted by atomic mass is 16.7. The molecule has 4 aromatic rings. The van der Waals surface area contributed by atoms with Gasteiger partial charge in [0, 0.05) is 16.5 Å². The summed E-state index contributed by atoms with van der Waals surface area (Å²) >= 11 is 0. The van der Waals surface area contributed by atoms with E-state index >= 15 is 0 Å². The van der Waals surface area contributed by atoms with Gasteiger partial charge in [-0.25, -0.2) is 14.6 Å². The first-order chi connectivity index (χ1) is 17.5. The number of nitrogens with one attached hydrogen (secondary N) is 2. The van der Waals surface area contributed by atoms with E-state index in [2.05, 4.69) is 27.4 Å². The minimum Gasteiger partial charge on any atom is -0.458 e. The van der Waals surface area contributed by atoms with Gasteiger partial charge in [-0.05, 0) is 29.8 Å². The van der Waals surface area contributed by atoms with Gasteiger partial charge in [-0.2, -0.15) is 11.1 Å². The van der Waals surface area contributed by atoms with Crippen LogP contribution in [0.5, 0.6) is 0 Å². The fourth-order valence-corrected chi connectivity index (χ4v) is 4.78. The average molecular weight is 489 g/mol. The van der Waals surface area contributed by atoms with Crippen LogP contribution in [0.4, 0.5) is 0 Å². The van der Waals surface area contributed by atoms with Crippen molar-refractivity contribution in [3.05, 3.63) is 75.3 Å². The van der Waals surface area contributed by atoms with Gasteiger partial charge in [0.25, 0.3) is 5.56 Å². The zero-order valence-electron chi connectivity index (χ0n) is 19.6. The maximum absolute atomic E-state index is 13.6. The van der Waals surface area contributed by atoms with Crippen molar-refractivity contribution >= 4 is 16.9 Å². The molecule has 0 saturated carbocycles. The van der Waals surface area contributed by atoms with Crippen LogP contribution in [0.1, 0.15) is 35.7 Å². The largest absolute Gasteiger partial charge is 0.458 e. The molecule has 1 aromatic carbocycles. The second-order valence-electron chi connectivity index (χ2n) is 8.63. The number of nitrogens with zero attached hydrogens (tertiary/aromatic N) is 5. The minimum atomic E-state index is -1.57. The summed E-state index contributed by atoms with van der Waals surface area (Å²) in [4.78, 5) is 43.5. The van der Waals surface area contributed by atoms with Crippen molar-refractivity contribution in [1.82, 2.24) is 30.1 Å². The van der Waals surface area contributed by atoms with Gasteiger partial charge in [-0.3, -0.25) is 4.79 Å². The lowest BCUT2D eigenvalue weighted by Gasteiger charge is -2.35. The van der Waals surface area contributed by atoms with Crippen LogP contribution in [0.3, 0.4) is 0 Å². The summed E-state index contributed by atoms with van der Waals surface area (Å²) in [5.74, 6) is -0.597. The normalized spacial score (nSPS) is 18.0. The quantitative estimate of drug-likeness (QED) is 0.256.